The van der Waals surface area contributed by atoms with E-state index in [4.69, 9.17) is 4.98 Å². The summed E-state index contributed by atoms with van der Waals surface area (Å²) in [5.74, 6) is 0. The molecule has 0 aliphatic rings. The fourth-order valence-electron chi connectivity index (χ4n) is 10.0. The highest BCUT2D eigenvalue weighted by atomic mass is 15.0. The number of nitrogens with zero attached hydrogens (tertiary/aromatic N) is 8. The van der Waals surface area contributed by atoms with E-state index >= 15 is 0 Å². The van der Waals surface area contributed by atoms with Gasteiger partial charge in [-0.1, -0.05) is 109 Å². The Bertz CT molecular complexity index is 3910. The van der Waals surface area contributed by atoms with Crippen molar-refractivity contribution in [1.82, 2.24) is 14.1 Å². The van der Waals surface area contributed by atoms with Crippen molar-refractivity contribution in [3.05, 3.63) is 234 Å². The second-order valence-electron chi connectivity index (χ2n) is 17.6. The van der Waals surface area contributed by atoms with Gasteiger partial charge in [0.25, 0.3) is 0 Å². The van der Waals surface area contributed by atoms with Crippen LogP contribution in [0.5, 0.6) is 0 Å². The van der Waals surface area contributed by atoms with Crippen LogP contribution in [0.3, 0.4) is 0 Å². The fraction of sp³-hybridized carbons (Fsp3) is 0. The van der Waals surface area contributed by atoms with Gasteiger partial charge >= 0.3 is 0 Å². The number of aromatic nitrogens is 3. The molecule has 0 atom stereocenters. The summed E-state index contributed by atoms with van der Waals surface area (Å²) in [6.45, 7) is 0. The van der Waals surface area contributed by atoms with Gasteiger partial charge in [-0.2, -0.15) is 26.3 Å². The van der Waals surface area contributed by atoms with Gasteiger partial charge in [0.2, 0.25) is 0 Å². The second-order valence-corrected chi connectivity index (χ2v) is 17.6. The Hall–Kier alpha value is -10.8. The summed E-state index contributed by atoms with van der Waals surface area (Å²) in [4.78, 5) is 5.13. The van der Waals surface area contributed by atoms with Gasteiger partial charge in [-0.3, -0.25) is 4.98 Å². The molecule has 8 nitrogen and oxygen atoms in total. The minimum Gasteiger partial charge on any atom is -0.307 e. The zero-order chi connectivity index (χ0) is 48.9. The Morgan fingerprint density at radius 3 is 0.722 bits per heavy atom. The summed E-state index contributed by atoms with van der Waals surface area (Å²) < 4.78 is 4.57. The lowest BCUT2D eigenvalue weighted by Gasteiger charge is -2.20. The van der Waals surface area contributed by atoms with Gasteiger partial charge in [0.05, 0.1) is 104 Å². The third-order valence-electron chi connectivity index (χ3n) is 13.6. The zero-order valence-electron chi connectivity index (χ0n) is 38.2. The Labute approximate surface area is 413 Å². The number of pyridine rings is 1. The van der Waals surface area contributed by atoms with Crippen molar-refractivity contribution in [2.24, 2.45) is 0 Å². The highest BCUT2D eigenvalue weighted by molar-refractivity contribution is 6.14. The largest absolute Gasteiger partial charge is 0.307 e. The van der Waals surface area contributed by atoms with Crippen molar-refractivity contribution in [3.63, 3.8) is 0 Å². The predicted molar refractivity (Wildman–Crippen MR) is 284 cm³/mol. The predicted octanol–water partition coefficient (Wildman–Crippen LogP) is 15.0. The molecule has 3 aromatic heterocycles. The van der Waals surface area contributed by atoms with E-state index < -0.39 is 0 Å². The van der Waals surface area contributed by atoms with Crippen LogP contribution in [0.15, 0.2) is 207 Å². The van der Waals surface area contributed by atoms with Gasteiger partial charge in [-0.15, -0.1) is 0 Å². The maximum absolute atomic E-state index is 10.0. The topological polar surface area (TPSA) is 142 Å². The van der Waals surface area contributed by atoms with Gasteiger partial charge in [-0.05, 0) is 135 Å². The summed E-state index contributed by atoms with van der Waals surface area (Å²) in [7, 11) is 0. The van der Waals surface area contributed by atoms with Crippen LogP contribution >= 0.6 is 0 Å². The van der Waals surface area contributed by atoms with Crippen LogP contribution in [0.2, 0.25) is 0 Å². The molecule has 0 N–H and O–H groups in total. The molecule has 12 rings (SSSR count). The van der Waals surface area contributed by atoms with Crippen molar-refractivity contribution >= 4 is 43.6 Å². The summed E-state index contributed by atoms with van der Waals surface area (Å²) in [5.41, 5.74) is 17.7. The summed E-state index contributed by atoms with van der Waals surface area (Å²) in [6.07, 6.45) is 3.83. The molecule has 0 bridgehead atoms. The lowest BCUT2D eigenvalue weighted by Crippen LogP contribution is -2.05. The molecule has 330 valence electrons. The van der Waals surface area contributed by atoms with Crippen molar-refractivity contribution in [3.8, 4) is 97.4 Å². The molecule has 0 saturated heterocycles. The molecule has 0 radical (unpaired) electrons. The number of rotatable bonds is 7. The highest BCUT2D eigenvalue weighted by Crippen LogP contribution is 2.44. The first-order chi connectivity index (χ1) is 35.4. The van der Waals surface area contributed by atoms with E-state index in [0.29, 0.717) is 27.8 Å². The number of hydrogen-bond acceptors (Lipinski definition) is 6. The van der Waals surface area contributed by atoms with Crippen molar-refractivity contribution in [2.45, 2.75) is 0 Å². The van der Waals surface area contributed by atoms with Gasteiger partial charge < -0.3 is 9.13 Å². The van der Waals surface area contributed by atoms with E-state index in [0.717, 1.165) is 111 Å². The third-order valence-corrected chi connectivity index (χ3v) is 13.6. The molecule has 3 heterocycles. The van der Waals surface area contributed by atoms with Crippen LogP contribution < -0.4 is 0 Å². The molecule has 9 aromatic carbocycles. The number of hydrogen-bond donors (Lipinski definition) is 0. The molecule has 0 fully saturated rings. The van der Waals surface area contributed by atoms with E-state index in [1.165, 1.54) is 0 Å². The quantitative estimate of drug-likeness (QED) is 0.156. The average molecular weight is 915 g/mol. The molecular formula is C64H34N8. The number of nitriles is 5. The van der Waals surface area contributed by atoms with Crippen LogP contribution in [0.25, 0.3) is 111 Å². The maximum Gasteiger partial charge on any atom is 0.0991 e. The molecule has 8 heteroatoms. The van der Waals surface area contributed by atoms with Crippen LogP contribution in [0, 0.1) is 56.7 Å². The minimum absolute atomic E-state index is 0.530. The highest BCUT2D eigenvalue weighted by Gasteiger charge is 2.24. The first-order valence-electron chi connectivity index (χ1n) is 23.1. The van der Waals surface area contributed by atoms with Crippen LogP contribution in [0.1, 0.15) is 27.8 Å². The van der Waals surface area contributed by atoms with Crippen LogP contribution in [-0.2, 0) is 0 Å². The summed E-state index contributed by atoms with van der Waals surface area (Å²) >= 11 is 0. The first kappa shape index (κ1) is 42.5. The van der Waals surface area contributed by atoms with Gasteiger partial charge in [-0.25, -0.2) is 0 Å². The second kappa shape index (κ2) is 17.4. The van der Waals surface area contributed by atoms with Crippen LogP contribution in [0.4, 0.5) is 0 Å². The zero-order valence-corrected chi connectivity index (χ0v) is 38.2. The molecule has 72 heavy (non-hydrogen) atoms. The lowest BCUT2D eigenvalue weighted by molar-refractivity contribution is 1.09. The normalized spacial score (nSPS) is 11.0. The van der Waals surface area contributed by atoms with Gasteiger partial charge in [0, 0.05) is 27.1 Å². The Kier molecular flexibility index (Phi) is 10.3. The SMILES string of the molecule is N#Cc1ccc(-c2ccc3c4ccc(-c5ccc(C#N)cc5)cc4n(-c4cncc(-n5c6cc(-c7ccc(C#N)cc7)ccc6c6ccc(-c7ccc(C#N)cc7)cc65)c4-c4ccc(C#N)cc4)c3c2)cc1. The average Bonchev–Trinajstić information content (AvgIpc) is 3.96. The summed E-state index contributed by atoms with van der Waals surface area (Å²) in [6, 6.07) is 75.3. The Balaban J connectivity index is 1.20. The van der Waals surface area contributed by atoms with E-state index in [1.807, 2.05) is 134 Å². The Morgan fingerprint density at radius 2 is 0.486 bits per heavy atom. The Morgan fingerprint density at radius 1 is 0.264 bits per heavy atom. The van der Waals surface area contributed by atoms with E-state index in [9.17, 15) is 26.3 Å². The standard InChI is InChI=1S/C64H34N8/c65-33-40-1-11-45(12-2-40)50-21-25-54-55-26-22-51(46-13-3-41(34-66)4-14-46)30-59(55)71(58(54)29-50)62-38-70-39-63(64(62)49-19-9-44(37-69)10-20-49)72-60-31-52(47-15-5-42(35-67)6-16-47)23-27-56(60)57-28-24-53(32-61(57)72)48-17-7-43(36-68)8-18-48/h1-32,38-39H. The molecule has 0 aliphatic heterocycles. The molecule has 12 aromatic rings. The monoisotopic (exact) mass is 914 g/mol. The molecule has 0 unspecified atom stereocenters. The molecule has 0 spiro atoms. The van der Waals surface area contributed by atoms with Crippen molar-refractivity contribution < 1.29 is 0 Å². The van der Waals surface area contributed by atoms with Crippen LogP contribution in [-0.4, -0.2) is 14.1 Å². The molecule has 0 saturated carbocycles. The third kappa shape index (κ3) is 7.17. The van der Waals surface area contributed by atoms with E-state index in [2.05, 4.69) is 112 Å². The molecule has 0 amide bonds. The number of benzene rings is 9. The lowest BCUT2D eigenvalue weighted by atomic mass is 10.0. The summed E-state index contributed by atoms with van der Waals surface area (Å²) in [5, 5.41) is 52.7. The fourth-order valence-corrected chi connectivity index (χ4v) is 10.0. The van der Waals surface area contributed by atoms with E-state index in [-0.39, 0.29) is 0 Å². The number of fused-ring (bicyclic) bond motifs is 6. The minimum atomic E-state index is 0.530. The van der Waals surface area contributed by atoms with Gasteiger partial charge in [0.1, 0.15) is 0 Å². The van der Waals surface area contributed by atoms with Gasteiger partial charge in [0.15, 0.2) is 0 Å². The molecule has 0 aliphatic carbocycles. The molecular weight excluding hydrogens is 881 g/mol. The van der Waals surface area contributed by atoms with E-state index in [1.54, 1.807) is 0 Å². The van der Waals surface area contributed by atoms with Crippen molar-refractivity contribution in [2.75, 3.05) is 0 Å². The van der Waals surface area contributed by atoms with Crippen molar-refractivity contribution in [1.29, 1.82) is 26.3 Å². The first-order valence-corrected chi connectivity index (χ1v) is 23.1. The smallest absolute Gasteiger partial charge is 0.0991 e. The maximum atomic E-state index is 10.0.